The minimum Gasteiger partial charge on any atom is -0.466 e. The summed E-state index contributed by atoms with van der Waals surface area (Å²) in [5.41, 5.74) is 0. The molecule has 0 radical (unpaired) electrons. The molecule has 0 aliphatic carbocycles. The van der Waals surface area contributed by atoms with Crippen molar-refractivity contribution >= 4 is 5.97 Å². The molecule has 0 aromatic rings. The summed E-state index contributed by atoms with van der Waals surface area (Å²) in [5.74, 6) is -0.0529. The Kier molecular flexibility index (Phi) is 22.0. The van der Waals surface area contributed by atoms with E-state index in [1.807, 2.05) is 0 Å². The normalized spacial score (nSPS) is 11.6. The maximum absolute atomic E-state index is 11.6. The number of hydrogen-bond donors (Lipinski definition) is 1. The molecular formula is C24H44O3. The summed E-state index contributed by atoms with van der Waals surface area (Å²) in [6.45, 7) is 3.03. The molecule has 0 spiro atoms. The Balaban J connectivity index is 3.25. The first-order chi connectivity index (χ1) is 13.3. The van der Waals surface area contributed by atoms with E-state index >= 15 is 0 Å². The maximum atomic E-state index is 11.6. The number of rotatable bonds is 20. The van der Waals surface area contributed by atoms with Gasteiger partial charge in [-0.15, -0.1) is 0 Å². The van der Waals surface area contributed by atoms with Crippen molar-refractivity contribution in [1.82, 2.24) is 0 Å². The first-order valence-corrected chi connectivity index (χ1v) is 11.4. The van der Waals surface area contributed by atoms with Crippen molar-refractivity contribution in [1.29, 1.82) is 0 Å². The molecular weight excluding hydrogens is 336 g/mol. The van der Waals surface area contributed by atoms with Crippen LogP contribution in [0.1, 0.15) is 110 Å². The number of carbonyl (C=O) groups excluding carboxylic acids is 1. The van der Waals surface area contributed by atoms with Crippen molar-refractivity contribution in [2.75, 3.05) is 13.2 Å². The Labute approximate surface area is 168 Å². The second-order valence-electron chi connectivity index (χ2n) is 7.34. The van der Waals surface area contributed by atoms with E-state index in [0.29, 0.717) is 13.0 Å². The topological polar surface area (TPSA) is 46.5 Å². The smallest absolute Gasteiger partial charge is 0.305 e. The molecule has 3 nitrogen and oxygen atoms in total. The third kappa shape index (κ3) is 22.9. The summed E-state index contributed by atoms with van der Waals surface area (Å²) in [7, 11) is 0. The van der Waals surface area contributed by atoms with E-state index in [9.17, 15) is 4.79 Å². The minimum atomic E-state index is -0.0529. The van der Waals surface area contributed by atoms with Crippen LogP contribution in [0.4, 0.5) is 0 Å². The summed E-state index contributed by atoms with van der Waals surface area (Å²) in [6.07, 6.45) is 26.7. The molecule has 0 fully saturated rings. The second-order valence-corrected chi connectivity index (χ2v) is 7.34. The summed E-state index contributed by atoms with van der Waals surface area (Å²) < 4.78 is 5.23. The Hall–Kier alpha value is -1.09. The van der Waals surface area contributed by atoms with Crippen molar-refractivity contribution in [3.63, 3.8) is 0 Å². The highest BCUT2D eigenvalue weighted by atomic mass is 16.5. The van der Waals surface area contributed by atoms with Crippen LogP contribution in [-0.2, 0) is 9.53 Å². The highest BCUT2D eigenvalue weighted by Gasteiger charge is 2.02. The lowest BCUT2D eigenvalue weighted by atomic mass is 10.1. The van der Waals surface area contributed by atoms with Crippen LogP contribution in [0.2, 0.25) is 0 Å². The van der Waals surface area contributed by atoms with Crippen molar-refractivity contribution in [3.8, 4) is 0 Å². The van der Waals surface area contributed by atoms with Crippen LogP contribution in [-0.4, -0.2) is 24.3 Å². The van der Waals surface area contributed by atoms with E-state index in [4.69, 9.17) is 9.84 Å². The summed E-state index contributed by atoms with van der Waals surface area (Å²) in [5, 5.41) is 8.68. The molecule has 0 aromatic heterocycles. The van der Waals surface area contributed by atoms with Gasteiger partial charge in [-0.1, -0.05) is 69.8 Å². The molecule has 0 aromatic carbocycles. The second kappa shape index (κ2) is 23.0. The number of esters is 1. The third-order valence-electron chi connectivity index (χ3n) is 4.65. The van der Waals surface area contributed by atoms with E-state index in [0.717, 1.165) is 44.9 Å². The fraction of sp³-hybridized carbons (Fsp3) is 0.792. The van der Waals surface area contributed by atoms with Gasteiger partial charge in [-0.05, 0) is 57.8 Å². The van der Waals surface area contributed by atoms with Crippen molar-refractivity contribution in [2.45, 2.75) is 110 Å². The van der Waals surface area contributed by atoms with Gasteiger partial charge in [0.25, 0.3) is 0 Å². The van der Waals surface area contributed by atoms with E-state index in [1.54, 1.807) is 0 Å². The zero-order valence-electron chi connectivity index (χ0n) is 17.8. The maximum Gasteiger partial charge on any atom is 0.305 e. The first-order valence-electron chi connectivity index (χ1n) is 11.4. The number of carbonyl (C=O) groups is 1. The fourth-order valence-electron chi connectivity index (χ4n) is 2.91. The number of aliphatic hydroxyl groups excluding tert-OH is 1. The molecule has 158 valence electrons. The van der Waals surface area contributed by atoms with Crippen LogP contribution in [0.25, 0.3) is 0 Å². The predicted octanol–water partition coefficient (Wildman–Crippen LogP) is 6.90. The lowest BCUT2D eigenvalue weighted by Crippen LogP contribution is -2.05. The Morgan fingerprint density at radius 3 is 2.04 bits per heavy atom. The number of ether oxygens (including phenoxy) is 1. The SMILES string of the molecule is CCCCC/C=C\C/C=C\CCCCCCCC(=O)OCCCCCCO. The Morgan fingerprint density at radius 1 is 0.741 bits per heavy atom. The van der Waals surface area contributed by atoms with Gasteiger partial charge in [-0.2, -0.15) is 0 Å². The average molecular weight is 381 g/mol. The van der Waals surface area contributed by atoms with Crippen LogP contribution in [0.15, 0.2) is 24.3 Å². The molecule has 0 saturated carbocycles. The average Bonchev–Trinajstić information content (AvgIpc) is 2.67. The van der Waals surface area contributed by atoms with Gasteiger partial charge in [0.1, 0.15) is 0 Å². The summed E-state index contributed by atoms with van der Waals surface area (Å²) in [4.78, 5) is 11.6. The zero-order chi connectivity index (χ0) is 19.8. The van der Waals surface area contributed by atoms with E-state index in [-0.39, 0.29) is 12.6 Å². The van der Waals surface area contributed by atoms with Gasteiger partial charge in [0.05, 0.1) is 6.61 Å². The van der Waals surface area contributed by atoms with Crippen molar-refractivity contribution in [2.24, 2.45) is 0 Å². The van der Waals surface area contributed by atoms with Crippen molar-refractivity contribution in [3.05, 3.63) is 24.3 Å². The van der Waals surface area contributed by atoms with Crippen molar-refractivity contribution < 1.29 is 14.6 Å². The molecule has 1 N–H and O–H groups in total. The van der Waals surface area contributed by atoms with Crippen LogP contribution in [0, 0.1) is 0 Å². The third-order valence-corrected chi connectivity index (χ3v) is 4.65. The van der Waals surface area contributed by atoms with Gasteiger partial charge in [0, 0.05) is 13.0 Å². The summed E-state index contributed by atoms with van der Waals surface area (Å²) >= 11 is 0. The van der Waals surface area contributed by atoms with Crippen LogP contribution >= 0.6 is 0 Å². The molecule has 0 aliphatic rings. The highest BCUT2D eigenvalue weighted by Crippen LogP contribution is 2.09. The quantitative estimate of drug-likeness (QED) is 0.142. The molecule has 0 unspecified atom stereocenters. The molecule has 0 heterocycles. The lowest BCUT2D eigenvalue weighted by molar-refractivity contribution is -0.143. The van der Waals surface area contributed by atoms with E-state index < -0.39 is 0 Å². The zero-order valence-corrected chi connectivity index (χ0v) is 17.8. The number of unbranched alkanes of at least 4 members (excludes halogenated alkanes) is 11. The standard InChI is InChI=1S/C24H44O3/c1-2-3-4-5-6-7-8-9-10-11-12-13-14-15-18-21-24(26)27-23-20-17-16-19-22-25/h6-7,9-10,25H,2-5,8,11-23H2,1H3/b7-6-,10-9-. The van der Waals surface area contributed by atoms with Gasteiger partial charge < -0.3 is 9.84 Å². The van der Waals surface area contributed by atoms with Gasteiger partial charge in [0.15, 0.2) is 0 Å². The van der Waals surface area contributed by atoms with Crippen LogP contribution in [0.5, 0.6) is 0 Å². The molecule has 3 heteroatoms. The Bertz CT molecular complexity index is 361. The molecule has 27 heavy (non-hydrogen) atoms. The van der Waals surface area contributed by atoms with Gasteiger partial charge >= 0.3 is 5.97 Å². The van der Waals surface area contributed by atoms with Crippen LogP contribution < -0.4 is 0 Å². The molecule has 0 rings (SSSR count). The molecule has 0 atom stereocenters. The number of allylic oxidation sites excluding steroid dienone is 4. The summed E-state index contributed by atoms with van der Waals surface area (Å²) in [6, 6.07) is 0. The van der Waals surface area contributed by atoms with Crippen LogP contribution in [0.3, 0.4) is 0 Å². The number of hydrogen-bond acceptors (Lipinski definition) is 3. The molecule has 0 aliphatic heterocycles. The predicted molar refractivity (Wildman–Crippen MR) is 116 cm³/mol. The largest absolute Gasteiger partial charge is 0.466 e. The van der Waals surface area contributed by atoms with E-state index in [1.165, 1.54) is 51.4 Å². The minimum absolute atomic E-state index is 0.0529. The van der Waals surface area contributed by atoms with Gasteiger partial charge in [0.2, 0.25) is 0 Å². The van der Waals surface area contributed by atoms with Gasteiger partial charge in [-0.3, -0.25) is 4.79 Å². The fourth-order valence-corrected chi connectivity index (χ4v) is 2.91. The lowest BCUT2D eigenvalue weighted by Gasteiger charge is -2.04. The molecule has 0 saturated heterocycles. The Morgan fingerprint density at radius 2 is 1.33 bits per heavy atom. The molecule has 0 bridgehead atoms. The van der Waals surface area contributed by atoms with E-state index in [2.05, 4.69) is 31.2 Å². The molecule has 0 amide bonds. The van der Waals surface area contributed by atoms with Gasteiger partial charge in [-0.25, -0.2) is 0 Å². The first kappa shape index (κ1) is 25.9. The highest BCUT2D eigenvalue weighted by molar-refractivity contribution is 5.69. The number of aliphatic hydroxyl groups is 1. The monoisotopic (exact) mass is 380 g/mol.